The monoisotopic (exact) mass is 207 g/mol. The fourth-order valence-electron chi connectivity index (χ4n) is 1.63. The third-order valence-corrected chi connectivity index (χ3v) is 5.13. The molecule has 1 aliphatic rings. The Balaban J connectivity index is 2.67. The van der Waals surface area contributed by atoms with Crippen molar-refractivity contribution >= 4 is 10.0 Å². The summed E-state index contributed by atoms with van der Waals surface area (Å²) in [5, 5.41) is 2.04. The fourth-order valence-corrected chi connectivity index (χ4v) is 3.37. The van der Waals surface area contributed by atoms with Crippen molar-refractivity contribution in [3.8, 4) is 0 Å². The van der Waals surface area contributed by atoms with E-state index in [-0.39, 0.29) is 5.25 Å². The van der Waals surface area contributed by atoms with Crippen molar-refractivity contribution in [3.63, 3.8) is 0 Å². The van der Waals surface area contributed by atoms with E-state index in [1.165, 1.54) is 4.31 Å². The molecule has 4 nitrogen and oxygen atoms in total. The minimum Gasteiger partial charge on any atom is -0.346 e. The quantitative estimate of drug-likeness (QED) is 0.645. The molecule has 0 saturated carbocycles. The van der Waals surface area contributed by atoms with Crippen molar-refractivity contribution in [1.29, 1.82) is 0 Å². The lowest BCUT2D eigenvalue weighted by atomic mass is 10.2. The summed E-state index contributed by atoms with van der Waals surface area (Å²) in [5.74, 6) is 0. The molecule has 13 heavy (non-hydrogen) atoms. The minimum absolute atomic E-state index is 0.137. The van der Waals surface area contributed by atoms with Gasteiger partial charge in [-0.25, -0.2) is 12.7 Å². The smallest absolute Gasteiger partial charge is 0.217 e. The summed E-state index contributed by atoms with van der Waals surface area (Å²) in [6.07, 6.45) is 1.60. The lowest BCUT2D eigenvalue weighted by Gasteiger charge is -2.25. The van der Waals surface area contributed by atoms with Gasteiger partial charge in [0.05, 0.1) is 18.3 Å². The van der Waals surface area contributed by atoms with Crippen LogP contribution < -0.4 is 5.32 Å². The van der Waals surface area contributed by atoms with E-state index in [2.05, 4.69) is 5.32 Å². The maximum Gasteiger partial charge on any atom is 0.217 e. The highest BCUT2D eigenvalue weighted by atomic mass is 32.2. The Hall–Kier alpha value is -0.130. The molecule has 1 saturated heterocycles. The van der Waals surface area contributed by atoms with Crippen molar-refractivity contribution in [3.05, 3.63) is 0 Å². The molecule has 0 unspecified atom stereocenters. The van der Waals surface area contributed by atoms with Crippen LogP contribution in [-0.2, 0) is 10.0 Å². The highest BCUT2D eigenvalue weighted by Gasteiger charge is 2.31. The van der Waals surface area contributed by atoms with Gasteiger partial charge in [0, 0.05) is 26.4 Å². The van der Waals surface area contributed by atoms with Gasteiger partial charge in [-0.15, -0.1) is 0 Å². The first-order valence-corrected chi connectivity index (χ1v) is 6.36. The molecule has 0 bridgehead atoms. The number of hydrogen-bond acceptors (Lipinski definition) is 2. The van der Waals surface area contributed by atoms with Gasteiger partial charge < -0.3 is 5.32 Å². The van der Waals surface area contributed by atoms with Crippen LogP contribution in [0.4, 0.5) is 0 Å². The summed E-state index contributed by atoms with van der Waals surface area (Å²) in [6.45, 7) is 4.33. The summed E-state index contributed by atoms with van der Waals surface area (Å²) in [6, 6.07) is 0. The maximum atomic E-state index is 11.8. The van der Waals surface area contributed by atoms with Crippen molar-refractivity contribution in [2.24, 2.45) is 0 Å². The molecule has 78 valence electrons. The van der Waals surface area contributed by atoms with E-state index in [4.69, 9.17) is 0 Å². The van der Waals surface area contributed by atoms with Gasteiger partial charge in [-0.2, -0.15) is 0 Å². The predicted molar refractivity (Wildman–Crippen MR) is 51.9 cm³/mol. The molecule has 0 radical (unpaired) electrons. The average Bonchev–Trinajstić information content (AvgIpc) is 2.18. The fraction of sp³-hybridized carbons (Fsp3) is 1.00. The second kappa shape index (κ2) is 4.39. The normalized spacial score (nSPS) is 20.8. The third-order valence-electron chi connectivity index (χ3n) is 2.69. The van der Waals surface area contributed by atoms with Gasteiger partial charge >= 0.3 is 0 Å². The summed E-state index contributed by atoms with van der Waals surface area (Å²) < 4.78 is 25.1. The Labute approximate surface area is 80.4 Å². The van der Waals surface area contributed by atoms with Crippen LogP contribution in [0.5, 0.6) is 0 Å². The molecule has 0 aromatic rings. The molecule has 1 fully saturated rings. The molecule has 0 aliphatic carbocycles. The number of piperidine rings is 1. The zero-order valence-electron chi connectivity index (χ0n) is 8.36. The standard InChI is InChI=1S/C8H18N2O2S/c1-3-10(2)13(11,12)8-4-6-9-7-5-8/h8-9H,3-7H2,1-2H3/p+1. The number of quaternary nitrogens is 1. The number of nitrogens with two attached hydrogens (primary N) is 1. The first-order chi connectivity index (χ1) is 6.09. The van der Waals surface area contributed by atoms with E-state index in [9.17, 15) is 8.42 Å². The summed E-state index contributed by atoms with van der Waals surface area (Å²) in [4.78, 5) is 0. The summed E-state index contributed by atoms with van der Waals surface area (Å²) in [7, 11) is -1.34. The predicted octanol–water partition coefficient (Wildman–Crippen LogP) is -1.01. The van der Waals surface area contributed by atoms with Gasteiger partial charge in [0.25, 0.3) is 0 Å². The van der Waals surface area contributed by atoms with Crippen LogP contribution in [-0.4, -0.2) is 44.7 Å². The van der Waals surface area contributed by atoms with Crippen LogP contribution in [0.2, 0.25) is 0 Å². The van der Waals surface area contributed by atoms with Crippen LogP contribution in [0.25, 0.3) is 0 Å². The number of sulfonamides is 1. The van der Waals surface area contributed by atoms with E-state index < -0.39 is 10.0 Å². The second-order valence-electron chi connectivity index (χ2n) is 3.52. The van der Waals surface area contributed by atoms with Crippen LogP contribution in [0.3, 0.4) is 0 Å². The van der Waals surface area contributed by atoms with Crippen molar-refractivity contribution < 1.29 is 13.7 Å². The number of rotatable bonds is 3. The second-order valence-corrected chi connectivity index (χ2v) is 5.84. The largest absolute Gasteiger partial charge is 0.346 e. The zero-order valence-corrected chi connectivity index (χ0v) is 9.18. The lowest BCUT2D eigenvalue weighted by Crippen LogP contribution is -2.87. The van der Waals surface area contributed by atoms with Gasteiger partial charge in [0.15, 0.2) is 0 Å². The van der Waals surface area contributed by atoms with Crippen molar-refractivity contribution in [2.75, 3.05) is 26.7 Å². The van der Waals surface area contributed by atoms with Crippen LogP contribution >= 0.6 is 0 Å². The molecule has 1 rings (SSSR count). The Morgan fingerprint density at radius 1 is 1.38 bits per heavy atom. The molecular formula is C8H19N2O2S+. The number of hydrogen-bond donors (Lipinski definition) is 1. The molecule has 0 atom stereocenters. The van der Waals surface area contributed by atoms with Gasteiger partial charge in [0.1, 0.15) is 0 Å². The highest BCUT2D eigenvalue weighted by Crippen LogP contribution is 2.14. The van der Waals surface area contributed by atoms with Crippen LogP contribution in [0.15, 0.2) is 0 Å². The maximum absolute atomic E-state index is 11.8. The third kappa shape index (κ3) is 2.42. The zero-order chi connectivity index (χ0) is 9.90. The summed E-state index contributed by atoms with van der Waals surface area (Å²) in [5.41, 5.74) is 0. The van der Waals surface area contributed by atoms with Crippen LogP contribution in [0.1, 0.15) is 19.8 Å². The molecule has 0 aromatic heterocycles. The van der Waals surface area contributed by atoms with Crippen LogP contribution in [0, 0.1) is 0 Å². The highest BCUT2D eigenvalue weighted by molar-refractivity contribution is 7.89. The Bertz CT molecular complexity index is 245. The minimum atomic E-state index is -3.00. The SMILES string of the molecule is CCN(C)S(=O)(=O)C1CC[NH2+]CC1. The van der Waals surface area contributed by atoms with E-state index in [0.29, 0.717) is 6.54 Å². The van der Waals surface area contributed by atoms with Gasteiger partial charge in [-0.1, -0.05) is 6.92 Å². The molecule has 0 spiro atoms. The van der Waals surface area contributed by atoms with Gasteiger partial charge in [-0.3, -0.25) is 0 Å². The Kier molecular flexibility index (Phi) is 3.70. The molecular weight excluding hydrogens is 188 g/mol. The first kappa shape index (κ1) is 10.9. The molecule has 5 heteroatoms. The first-order valence-electron chi connectivity index (χ1n) is 4.86. The molecule has 1 heterocycles. The van der Waals surface area contributed by atoms with E-state index in [0.717, 1.165) is 25.9 Å². The molecule has 0 aromatic carbocycles. The topological polar surface area (TPSA) is 54.0 Å². The molecule has 2 N–H and O–H groups in total. The lowest BCUT2D eigenvalue weighted by molar-refractivity contribution is -0.661. The molecule has 1 aliphatic heterocycles. The van der Waals surface area contributed by atoms with Crippen molar-refractivity contribution in [1.82, 2.24) is 4.31 Å². The number of nitrogens with zero attached hydrogens (tertiary/aromatic N) is 1. The Morgan fingerprint density at radius 2 is 1.92 bits per heavy atom. The Morgan fingerprint density at radius 3 is 2.38 bits per heavy atom. The summed E-state index contributed by atoms with van der Waals surface area (Å²) >= 11 is 0. The van der Waals surface area contributed by atoms with Gasteiger partial charge in [0.2, 0.25) is 10.0 Å². The van der Waals surface area contributed by atoms with E-state index in [1.807, 2.05) is 6.92 Å². The van der Waals surface area contributed by atoms with E-state index in [1.54, 1.807) is 7.05 Å². The van der Waals surface area contributed by atoms with Crippen molar-refractivity contribution in [2.45, 2.75) is 25.0 Å². The molecule has 0 amide bonds. The van der Waals surface area contributed by atoms with E-state index >= 15 is 0 Å². The van der Waals surface area contributed by atoms with Gasteiger partial charge in [-0.05, 0) is 0 Å². The average molecular weight is 207 g/mol.